The summed E-state index contributed by atoms with van der Waals surface area (Å²) in [5.74, 6) is -1.41. The number of dihydropyridines is 1. The predicted octanol–water partition coefficient (Wildman–Crippen LogP) is 3.08. The maximum atomic E-state index is 13.6. The third kappa shape index (κ3) is 4.77. The molecule has 10 heteroatoms. The van der Waals surface area contributed by atoms with E-state index in [9.17, 15) is 19.5 Å². The Morgan fingerprint density at radius 2 is 1.97 bits per heavy atom. The van der Waals surface area contributed by atoms with Crippen LogP contribution in [0.5, 0.6) is 0 Å². The molecule has 8 nitrogen and oxygen atoms in total. The summed E-state index contributed by atoms with van der Waals surface area (Å²) in [4.78, 5) is 45.4. The monoisotopic (exact) mass is 521 g/mol. The lowest BCUT2D eigenvalue weighted by Crippen LogP contribution is -2.55. The molecule has 1 aromatic rings. The van der Waals surface area contributed by atoms with Gasteiger partial charge in [-0.15, -0.1) is 0 Å². The van der Waals surface area contributed by atoms with E-state index in [1.54, 1.807) is 29.9 Å². The number of amides is 3. The van der Waals surface area contributed by atoms with Crippen LogP contribution in [0.15, 0.2) is 22.7 Å². The molecule has 4 rings (SSSR count). The number of methoxy groups -OCH3 is 1. The number of hydrogen-bond donors (Lipinski definition) is 1. The molecule has 1 aromatic carbocycles. The number of aliphatic hydroxyl groups is 1. The number of nitrogens with zero attached hydrogens (tertiary/aromatic N) is 3. The fourth-order valence-electron chi connectivity index (χ4n) is 5.11. The smallest absolute Gasteiger partial charge is 0.255 e. The summed E-state index contributed by atoms with van der Waals surface area (Å²) in [7, 11) is 1.55. The van der Waals surface area contributed by atoms with Gasteiger partial charge < -0.3 is 19.6 Å². The molecule has 0 bridgehead atoms. The van der Waals surface area contributed by atoms with Crippen molar-refractivity contribution in [2.24, 2.45) is 16.8 Å². The zero-order chi connectivity index (χ0) is 25.6. The summed E-state index contributed by atoms with van der Waals surface area (Å²) in [5.41, 5.74) is 3.15. The van der Waals surface area contributed by atoms with Crippen LogP contribution in [0.2, 0.25) is 10.0 Å². The molecule has 2 unspecified atom stereocenters. The third-order valence-corrected chi connectivity index (χ3v) is 7.76. The first-order valence-corrected chi connectivity index (χ1v) is 12.4. The molecule has 3 amide bonds. The van der Waals surface area contributed by atoms with Crippen LogP contribution < -0.4 is 0 Å². The van der Waals surface area contributed by atoms with E-state index in [1.807, 2.05) is 13.0 Å². The molecule has 0 aromatic heterocycles. The fraction of sp³-hybridized carbons (Fsp3) is 0.520. The topological polar surface area (TPSA) is 99.5 Å². The molecule has 3 atom stereocenters. The Morgan fingerprint density at radius 3 is 2.57 bits per heavy atom. The second-order valence-electron chi connectivity index (χ2n) is 9.48. The summed E-state index contributed by atoms with van der Waals surface area (Å²) in [5, 5.41) is 10.3. The zero-order valence-corrected chi connectivity index (χ0v) is 21.7. The number of aliphatic hydroxyl groups excluding tert-OH is 1. The van der Waals surface area contributed by atoms with Crippen molar-refractivity contribution in [2.75, 3.05) is 33.3 Å². The van der Waals surface area contributed by atoms with E-state index in [4.69, 9.17) is 27.9 Å². The van der Waals surface area contributed by atoms with Crippen LogP contribution >= 0.6 is 23.2 Å². The number of aliphatic imine (C=N–C) groups is 1. The van der Waals surface area contributed by atoms with Crippen molar-refractivity contribution >= 4 is 46.6 Å². The van der Waals surface area contributed by atoms with Crippen molar-refractivity contribution in [3.8, 4) is 0 Å². The minimum Gasteiger partial charge on any atom is -0.384 e. The lowest BCUT2D eigenvalue weighted by atomic mass is 9.85. The van der Waals surface area contributed by atoms with Crippen LogP contribution in [-0.2, 0) is 20.7 Å². The van der Waals surface area contributed by atoms with Gasteiger partial charge in [0.15, 0.2) is 0 Å². The number of allylic oxidation sites excluding steroid dienone is 1. The first-order chi connectivity index (χ1) is 16.5. The van der Waals surface area contributed by atoms with Gasteiger partial charge in [-0.2, -0.15) is 0 Å². The highest BCUT2D eigenvalue weighted by molar-refractivity contribution is 6.37. The Balaban J connectivity index is 1.59. The second-order valence-corrected chi connectivity index (χ2v) is 10.3. The van der Waals surface area contributed by atoms with Crippen LogP contribution in [0.4, 0.5) is 0 Å². The van der Waals surface area contributed by atoms with Crippen molar-refractivity contribution < 1.29 is 24.2 Å². The second kappa shape index (κ2) is 10.0. The number of hydrogen-bond acceptors (Lipinski definition) is 5. The first-order valence-electron chi connectivity index (χ1n) is 11.6. The highest BCUT2D eigenvalue weighted by Crippen LogP contribution is 2.42. The van der Waals surface area contributed by atoms with Crippen LogP contribution in [0, 0.1) is 11.8 Å². The van der Waals surface area contributed by atoms with Gasteiger partial charge in [-0.3, -0.25) is 14.4 Å². The van der Waals surface area contributed by atoms with Crippen LogP contribution in [0.25, 0.3) is 0 Å². The van der Waals surface area contributed by atoms with Crippen LogP contribution in [0.1, 0.15) is 48.4 Å². The van der Waals surface area contributed by atoms with Gasteiger partial charge >= 0.3 is 0 Å². The highest BCUT2D eigenvalue weighted by Gasteiger charge is 2.41. The lowest BCUT2D eigenvalue weighted by molar-refractivity contribution is -0.149. The van der Waals surface area contributed by atoms with Gasteiger partial charge in [0.05, 0.1) is 22.6 Å². The number of halogens is 2. The summed E-state index contributed by atoms with van der Waals surface area (Å²) < 4.78 is 5.74. The summed E-state index contributed by atoms with van der Waals surface area (Å²) >= 11 is 13.4. The Bertz CT molecular complexity index is 1140. The normalized spacial score (nSPS) is 22.3. The van der Waals surface area contributed by atoms with Gasteiger partial charge in [0.25, 0.3) is 17.7 Å². The van der Waals surface area contributed by atoms with Gasteiger partial charge in [-0.25, -0.2) is 4.99 Å². The Labute approximate surface area is 214 Å². The van der Waals surface area contributed by atoms with E-state index in [0.717, 1.165) is 5.57 Å². The van der Waals surface area contributed by atoms with Crippen molar-refractivity contribution in [2.45, 2.75) is 39.4 Å². The fourth-order valence-corrected chi connectivity index (χ4v) is 5.77. The molecule has 0 radical (unpaired) electrons. The molecule has 1 N–H and O–H groups in total. The third-order valence-electron chi connectivity index (χ3n) is 7.02. The minimum atomic E-state index is -1.06. The Kier molecular flexibility index (Phi) is 7.38. The number of carbonyl (C=O) groups excluding carboxylic acids is 3. The van der Waals surface area contributed by atoms with E-state index >= 15 is 0 Å². The number of carbonyl (C=O) groups is 3. The molecule has 3 aliphatic heterocycles. The van der Waals surface area contributed by atoms with Crippen molar-refractivity contribution in [1.82, 2.24) is 9.80 Å². The number of likely N-dealkylation sites (tertiary alicyclic amines) is 1. The maximum Gasteiger partial charge on any atom is 0.255 e. The Morgan fingerprint density at radius 1 is 1.29 bits per heavy atom. The van der Waals surface area contributed by atoms with E-state index in [1.165, 1.54) is 6.92 Å². The van der Waals surface area contributed by atoms with Gasteiger partial charge in [-0.05, 0) is 44.9 Å². The lowest BCUT2D eigenvalue weighted by Gasteiger charge is -2.44. The molecule has 0 spiro atoms. The number of fused-ring (bicyclic) bond motifs is 1. The SMILES string of the molecule is COC(c1cc(Cl)c2c(c1Cl)C(=O)N(CC1C(=O)N=C(C)C=C1C)CC2)C1CN(C(=O)[C@H](C)O)C1. The summed E-state index contributed by atoms with van der Waals surface area (Å²) in [6, 6.07) is 1.74. The molecule has 0 aliphatic carbocycles. The van der Waals surface area contributed by atoms with Crippen molar-refractivity contribution in [3.05, 3.63) is 44.5 Å². The molecular formula is C25H29Cl2N3O5. The van der Waals surface area contributed by atoms with E-state index < -0.39 is 18.1 Å². The molecular weight excluding hydrogens is 493 g/mol. The number of benzene rings is 1. The average molecular weight is 522 g/mol. The largest absolute Gasteiger partial charge is 0.384 e. The average Bonchev–Trinajstić information content (AvgIpc) is 2.76. The molecule has 188 valence electrons. The maximum absolute atomic E-state index is 13.6. The van der Waals surface area contributed by atoms with Gasteiger partial charge in [0.1, 0.15) is 6.10 Å². The van der Waals surface area contributed by atoms with Gasteiger partial charge in [0.2, 0.25) is 0 Å². The van der Waals surface area contributed by atoms with Gasteiger partial charge in [-0.1, -0.05) is 28.8 Å². The molecule has 35 heavy (non-hydrogen) atoms. The standard InChI is InChI=1S/C25H29Cl2N3O5/c1-12-7-13(2)28-23(32)18(12)11-29-6-5-16-19(26)8-17(21(27)20(16)25(29)34)22(35-4)15-9-30(10-15)24(33)14(3)31/h7-8,14-15,18,22,31H,5-6,9-11H2,1-4H3/t14-,18?,22?/m0/s1. The van der Waals surface area contributed by atoms with E-state index in [0.29, 0.717) is 53.5 Å². The molecule has 3 aliphatic rings. The number of rotatable bonds is 6. The van der Waals surface area contributed by atoms with Crippen molar-refractivity contribution in [3.63, 3.8) is 0 Å². The van der Waals surface area contributed by atoms with E-state index in [-0.39, 0.29) is 35.2 Å². The zero-order valence-electron chi connectivity index (χ0n) is 20.2. The predicted molar refractivity (Wildman–Crippen MR) is 133 cm³/mol. The van der Waals surface area contributed by atoms with E-state index in [2.05, 4.69) is 4.99 Å². The molecule has 1 fully saturated rings. The van der Waals surface area contributed by atoms with Gasteiger partial charge in [0, 0.05) is 55.5 Å². The van der Waals surface area contributed by atoms with Crippen molar-refractivity contribution in [1.29, 1.82) is 0 Å². The molecule has 3 heterocycles. The Hall–Kier alpha value is -2.26. The van der Waals surface area contributed by atoms with Crippen LogP contribution in [0.3, 0.4) is 0 Å². The summed E-state index contributed by atoms with van der Waals surface area (Å²) in [6.07, 6.45) is 0.841. The minimum absolute atomic E-state index is 0.0575. The van der Waals surface area contributed by atoms with Crippen LogP contribution in [-0.4, -0.2) is 77.7 Å². The quantitative estimate of drug-likeness (QED) is 0.619. The highest BCUT2D eigenvalue weighted by atomic mass is 35.5. The molecule has 0 saturated carbocycles. The summed E-state index contributed by atoms with van der Waals surface area (Å²) in [6.45, 7) is 6.54. The first kappa shape index (κ1) is 25.8. The number of ether oxygens (including phenoxy) is 1. The molecule has 1 saturated heterocycles.